The number of aliphatic hydroxyl groups excluding tert-OH is 1. The molecule has 0 saturated heterocycles. The molecule has 0 aliphatic heterocycles. The van der Waals surface area contributed by atoms with Crippen LogP contribution in [0.1, 0.15) is 50.5 Å². The van der Waals surface area contributed by atoms with Crippen LogP contribution >= 0.6 is 0 Å². The van der Waals surface area contributed by atoms with Crippen LogP contribution in [0, 0.1) is 11.8 Å². The lowest BCUT2D eigenvalue weighted by molar-refractivity contribution is -0.137. The van der Waals surface area contributed by atoms with Crippen molar-refractivity contribution in [1.29, 1.82) is 0 Å². The van der Waals surface area contributed by atoms with Gasteiger partial charge < -0.3 is 10.2 Å². The normalized spacial score (nSPS) is 20.4. The van der Waals surface area contributed by atoms with Crippen LogP contribution in [0.2, 0.25) is 0 Å². The fraction of sp³-hybridized carbons (Fsp3) is 0.478. The summed E-state index contributed by atoms with van der Waals surface area (Å²) in [5, 5.41) is 18.9. The first-order chi connectivity index (χ1) is 13.1. The minimum absolute atomic E-state index is 0.0398. The molecule has 146 valence electrons. The number of carboxylic acids is 1. The molecule has 1 aliphatic rings. The van der Waals surface area contributed by atoms with E-state index in [1.54, 1.807) is 6.08 Å². The highest BCUT2D eigenvalue weighted by atomic mass is 16.4. The molecule has 1 aromatic rings. The largest absolute Gasteiger partial charge is 0.481 e. The zero-order valence-electron chi connectivity index (χ0n) is 15.8. The third-order valence-corrected chi connectivity index (χ3v) is 5.15. The molecule has 0 saturated carbocycles. The van der Waals surface area contributed by atoms with Crippen molar-refractivity contribution in [2.75, 3.05) is 0 Å². The number of aryl methyl sites for hydroxylation is 1. The lowest BCUT2D eigenvalue weighted by Gasteiger charge is -2.18. The number of carboxylic acid groups (broad SMARTS) is 1. The van der Waals surface area contributed by atoms with Gasteiger partial charge in [0.15, 0.2) is 5.78 Å². The van der Waals surface area contributed by atoms with Crippen LogP contribution in [0.5, 0.6) is 0 Å². The molecule has 0 spiro atoms. The molecule has 27 heavy (non-hydrogen) atoms. The van der Waals surface area contributed by atoms with E-state index in [1.807, 2.05) is 36.4 Å². The zero-order chi connectivity index (χ0) is 19.5. The first kappa shape index (κ1) is 21.1. The second kappa shape index (κ2) is 11.5. The summed E-state index contributed by atoms with van der Waals surface area (Å²) in [7, 11) is 0. The van der Waals surface area contributed by atoms with E-state index in [0.29, 0.717) is 19.3 Å². The molecule has 4 nitrogen and oxygen atoms in total. The van der Waals surface area contributed by atoms with E-state index in [2.05, 4.69) is 12.1 Å². The van der Waals surface area contributed by atoms with E-state index in [1.165, 1.54) is 5.56 Å². The second-order valence-corrected chi connectivity index (χ2v) is 7.28. The highest BCUT2D eigenvalue weighted by molar-refractivity contribution is 5.94. The van der Waals surface area contributed by atoms with E-state index in [4.69, 9.17) is 5.11 Å². The summed E-state index contributed by atoms with van der Waals surface area (Å²) in [6.45, 7) is 0. The van der Waals surface area contributed by atoms with Gasteiger partial charge in [0.05, 0.1) is 6.10 Å². The van der Waals surface area contributed by atoms with Crippen molar-refractivity contribution in [3.05, 3.63) is 60.2 Å². The predicted molar refractivity (Wildman–Crippen MR) is 106 cm³/mol. The summed E-state index contributed by atoms with van der Waals surface area (Å²) in [6, 6.07) is 10.2. The number of unbranched alkanes of at least 4 members (excludes halogenated alkanes) is 1. The summed E-state index contributed by atoms with van der Waals surface area (Å²) in [6.07, 6.45) is 12.6. The average molecular weight is 370 g/mol. The number of hydrogen-bond donors (Lipinski definition) is 2. The Balaban J connectivity index is 1.69. The van der Waals surface area contributed by atoms with Gasteiger partial charge in [0.1, 0.15) is 0 Å². The monoisotopic (exact) mass is 370 g/mol. The summed E-state index contributed by atoms with van der Waals surface area (Å²) in [5.41, 5.74) is 1.23. The van der Waals surface area contributed by atoms with Crippen molar-refractivity contribution >= 4 is 11.8 Å². The molecule has 0 amide bonds. The molecule has 0 fully saturated rings. The van der Waals surface area contributed by atoms with Crippen molar-refractivity contribution in [3.63, 3.8) is 0 Å². The van der Waals surface area contributed by atoms with Crippen molar-refractivity contribution < 1.29 is 19.8 Å². The SMILES string of the molecule is O=C(O)CCCC=CC[C@H]1C(=O)C=C[C@@H]1CC[C@@H](O)CCc1ccccc1. The van der Waals surface area contributed by atoms with Gasteiger partial charge in [0, 0.05) is 12.3 Å². The number of aliphatic hydroxyl groups is 1. The predicted octanol–water partition coefficient (Wildman–Crippen LogP) is 4.33. The molecule has 2 N–H and O–H groups in total. The number of aliphatic carboxylic acids is 1. The van der Waals surface area contributed by atoms with E-state index in [9.17, 15) is 14.7 Å². The summed E-state index contributed by atoms with van der Waals surface area (Å²) in [4.78, 5) is 22.6. The number of carbonyl (C=O) groups is 2. The topological polar surface area (TPSA) is 74.6 Å². The Morgan fingerprint density at radius 1 is 1.15 bits per heavy atom. The number of benzene rings is 1. The van der Waals surface area contributed by atoms with Crippen LogP contribution in [0.15, 0.2) is 54.6 Å². The number of carbonyl (C=O) groups excluding carboxylic acids is 1. The van der Waals surface area contributed by atoms with Crippen molar-refractivity contribution in [2.45, 2.75) is 57.5 Å². The molecule has 0 bridgehead atoms. The number of hydrogen-bond acceptors (Lipinski definition) is 3. The van der Waals surface area contributed by atoms with Crippen LogP contribution in [-0.4, -0.2) is 28.1 Å². The quantitative estimate of drug-likeness (QED) is 0.424. The summed E-state index contributed by atoms with van der Waals surface area (Å²) in [5.74, 6) is -0.465. The van der Waals surface area contributed by atoms with Gasteiger partial charge in [-0.25, -0.2) is 0 Å². The number of ketones is 1. The lowest BCUT2D eigenvalue weighted by Crippen LogP contribution is -2.17. The average Bonchev–Trinajstić information content (AvgIpc) is 3.01. The van der Waals surface area contributed by atoms with Gasteiger partial charge in [0.2, 0.25) is 0 Å². The van der Waals surface area contributed by atoms with Crippen molar-refractivity contribution in [2.24, 2.45) is 11.8 Å². The third-order valence-electron chi connectivity index (χ3n) is 5.15. The highest BCUT2D eigenvalue weighted by Crippen LogP contribution is 2.30. The van der Waals surface area contributed by atoms with Gasteiger partial charge in [-0.1, -0.05) is 48.6 Å². The summed E-state index contributed by atoms with van der Waals surface area (Å²) < 4.78 is 0. The Morgan fingerprint density at radius 2 is 1.93 bits per heavy atom. The fourth-order valence-corrected chi connectivity index (χ4v) is 3.51. The molecule has 0 heterocycles. The van der Waals surface area contributed by atoms with E-state index >= 15 is 0 Å². The lowest BCUT2D eigenvalue weighted by atomic mass is 9.86. The van der Waals surface area contributed by atoms with Gasteiger partial charge in [-0.3, -0.25) is 9.59 Å². The standard InChI is InChI=1S/C23H30O4/c24-20(15-12-18-8-4-3-5-9-18)16-13-19-14-17-22(25)21(19)10-6-1-2-7-11-23(26)27/h1,3-6,8-9,14,17,19-21,24H,2,7,10-13,15-16H2,(H,26,27)/t19-,20-,21+/m0/s1. The molecule has 0 radical (unpaired) electrons. The van der Waals surface area contributed by atoms with Crippen molar-refractivity contribution in [1.82, 2.24) is 0 Å². The van der Waals surface area contributed by atoms with E-state index in [0.717, 1.165) is 25.7 Å². The Hall–Kier alpha value is -2.20. The van der Waals surface area contributed by atoms with Gasteiger partial charge in [-0.2, -0.15) is 0 Å². The fourth-order valence-electron chi connectivity index (χ4n) is 3.51. The third kappa shape index (κ3) is 7.92. The molecule has 1 aliphatic carbocycles. The molecule has 1 aromatic carbocycles. The smallest absolute Gasteiger partial charge is 0.303 e. The molecule has 0 unspecified atom stereocenters. The van der Waals surface area contributed by atoms with Crippen molar-refractivity contribution in [3.8, 4) is 0 Å². The van der Waals surface area contributed by atoms with Crippen LogP contribution in [0.25, 0.3) is 0 Å². The maximum Gasteiger partial charge on any atom is 0.303 e. The first-order valence-electron chi connectivity index (χ1n) is 9.87. The Kier molecular flexibility index (Phi) is 8.99. The van der Waals surface area contributed by atoms with Crippen LogP contribution in [0.3, 0.4) is 0 Å². The van der Waals surface area contributed by atoms with E-state index in [-0.39, 0.29) is 30.1 Å². The minimum Gasteiger partial charge on any atom is -0.481 e. The Morgan fingerprint density at radius 3 is 2.67 bits per heavy atom. The molecule has 2 rings (SSSR count). The molecule has 0 aromatic heterocycles. The van der Waals surface area contributed by atoms with Gasteiger partial charge >= 0.3 is 5.97 Å². The zero-order valence-corrected chi connectivity index (χ0v) is 15.8. The Labute approximate surface area is 161 Å². The maximum absolute atomic E-state index is 12.1. The number of allylic oxidation sites excluding steroid dienone is 4. The molecular weight excluding hydrogens is 340 g/mol. The van der Waals surface area contributed by atoms with Gasteiger partial charge in [0.25, 0.3) is 0 Å². The number of rotatable bonds is 12. The Bertz CT molecular complexity index is 648. The highest BCUT2D eigenvalue weighted by Gasteiger charge is 2.29. The van der Waals surface area contributed by atoms with Crippen LogP contribution in [-0.2, 0) is 16.0 Å². The van der Waals surface area contributed by atoms with Gasteiger partial charge in [-0.15, -0.1) is 0 Å². The summed E-state index contributed by atoms with van der Waals surface area (Å²) >= 11 is 0. The first-order valence-corrected chi connectivity index (χ1v) is 9.87. The molecule has 3 atom stereocenters. The second-order valence-electron chi connectivity index (χ2n) is 7.28. The minimum atomic E-state index is -0.774. The van der Waals surface area contributed by atoms with Crippen LogP contribution < -0.4 is 0 Å². The maximum atomic E-state index is 12.1. The van der Waals surface area contributed by atoms with Gasteiger partial charge in [-0.05, 0) is 62.5 Å². The molecule has 4 heteroatoms. The van der Waals surface area contributed by atoms with Crippen LogP contribution in [0.4, 0.5) is 0 Å². The molecular formula is C23H30O4. The van der Waals surface area contributed by atoms with E-state index < -0.39 is 5.97 Å².